The molecule has 0 aromatic heterocycles. The molecule has 1 aliphatic heterocycles. The summed E-state index contributed by atoms with van der Waals surface area (Å²) in [7, 11) is 1.64. The van der Waals surface area contributed by atoms with Gasteiger partial charge < -0.3 is 9.84 Å². The molecule has 0 bridgehead atoms. The Bertz CT molecular complexity index is 1440. The summed E-state index contributed by atoms with van der Waals surface area (Å²) in [6.07, 6.45) is 1.77. The molecule has 0 saturated carbocycles. The van der Waals surface area contributed by atoms with Gasteiger partial charge in [0.05, 0.1) is 36.7 Å². The molecule has 0 radical (unpaired) electrons. The number of thioether (sulfide) groups is 1. The number of carboxylic acid groups (broad SMARTS) is 1. The molecule has 1 heterocycles. The van der Waals surface area contributed by atoms with Crippen LogP contribution in [0.4, 0.5) is 5.69 Å². The fourth-order valence-electron chi connectivity index (χ4n) is 3.30. The highest BCUT2D eigenvalue weighted by molar-refractivity contribution is 9.11. The summed E-state index contributed by atoms with van der Waals surface area (Å²) in [6.45, 7) is 0.230. The number of amides is 1. The average molecular weight is 627 g/mol. The summed E-state index contributed by atoms with van der Waals surface area (Å²) in [5, 5.41) is 18.8. The maximum absolute atomic E-state index is 12.8. The second-order valence-electron chi connectivity index (χ2n) is 7.59. The van der Waals surface area contributed by atoms with Crippen molar-refractivity contribution < 1.29 is 19.4 Å². The van der Waals surface area contributed by atoms with Crippen LogP contribution in [0.1, 0.15) is 27.0 Å². The van der Waals surface area contributed by atoms with Gasteiger partial charge in [0.1, 0.15) is 12.4 Å². The largest absolute Gasteiger partial charge is 0.486 e. The zero-order valence-corrected chi connectivity index (χ0v) is 22.7. The van der Waals surface area contributed by atoms with Crippen LogP contribution >= 0.6 is 43.6 Å². The van der Waals surface area contributed by atoms with Crippen LogP contribution in [0.25, 0.3) is 6.08 Å². The topological polar surface area (TPSA) is 103 Å². The van der Waals surface area contributed by atoms with E-state index in [1.54, 1.807) is 37.4 Å². The number of halogens is 2. The minimum Gasteiger partial charge on any atom is -0.486 e. The highest BCUT2D eigenvalue weighted by Crippen LogP contribution is 2.38. The van der Waals surface area contributed by atoms with Crippen molar-refractivity contribution in [1.82, 2.24) is 4.90 Å². The third-order valence-electron chi connectivity index (χ3n) is 5.17. The van der Waals surface area contributed by atoms with Gasteiger partial charge in [-0.15, -0.1) is 0 Å². The fourth-order valence-corrected chi connectivity index (χ4v) is 5.74. The van der Waals surface area contributed by atoms with Gasteiger partial charge in [-0.2, -0.15) is 5.26 Å². The molecular weight excluding hydrogens is 610 g/mol. The first-order chi connectivity index (χ1) is 17.3. The maximum Gasteiger partial charge on any atom is 0.335 e. The molecule has 4 rings (SSSR count). The number of hydrogen-bond acceptors (Lipinski definition) is 6. The van der Waals surface area contributed by atoms with Crippen LogP contribution in [0.5, 0.6) is 5.75 Å². The van der Waals surface area contributed by atoms with E-state index in [2.05, 4.69) is 42.9 Å². The van der Waals surface area contributed by atoms with Crippen LogP contribution in [0, 0.1) is 11.3 Å². The molecule has 0 spiro atoms. The number of carboxylic acids is 1. The second kappa shape index (κ2) is 11.1. The monoisotopic (exact) mass is 625 g/mol. The molecule has 36 heavy (non-hydrogen) atoms. The summed E-state index contributed by atoms with van der Waals surface area (Å²) in [5.41, 5.74) is 2.83. The van der Waals surface area contributed by atoms with Crippen LogP contribution < -0.4 is 4.74 Å². The van der Waals surface area contributed by atoms with Crippen LogP contribution in [-0.4, -0.2) is 34.1 Å². The Kier molecular flexibility index (Phi) is 7.94. The Labute approximate surface area is 228 Å². The number of carbonyl (C=O) groups is 2. The predicted octanol–water partition coefficient (Wildman–Crippen LogP) is 6.59. The standard InChI is InChI=1S/C26H17Br2N3O4S/c1-31-24(32)22(36-26(31)30-19-8-6-16(7-9-19)25(33)34)12-15-10-20(27)23(21(28)11-15)35-14-18-5-3-2-4-17(18)13-29/h2-12H,14H2,1H3,(H,33,34). The van der Waals surface area contributed by atoms with Crippen molar-refractivity contribution in [2.24, 2.45) is 4.99 Å². The number of nitrogens with zero attached hydrogens (tertiary/aromatic N) is 3. The summed E-state index contributed by atoms with van der Waals surface area (Å²) in [5.74, 6) is -0.622. The molecule has 0 atom stereocenters. The third-order valence-corrected chi connectivity index (χ3v) is 7.41. The van der Waals surface area contributed by atoms with E-state index in [9.17, 15) is 14.9 Å². The van der Waals surface area contributed by atoms with Crippen LogP contribution in [0.3, 0.4) is 0 Å². The molecule has 1 saturated heterocycles. The van der Waals surface area contributed by atoms with E-state index in [1.807, 2.05) is 24.3 Å². The van der Waals surface area contributed by atoms with E-state index in [1.165, 1.54) is 28.8 Å². The number of aliphatic imine (C=N–C) groups is 1. The first-order valence-electron chi connectivity index (χ1n) is 10.5. The average Bonchev–Trinajstić information content (AvgIpc) is 3.11. The predicted molar refractivity (Wildman–Crippen MR) is 146 cm³/mol. The molecule has 1 amide bonds. The van der Waals surface area contributed by atoms with Gasteiger partial charge in [0, 0.05) is 12.6 Å². The Balaban J connectivity index is 1.53. The molecule has 1 fully saturated rings. The van der Waals surface area contributed by atoms with E-state index in [-0.39, 0.29) is 18.1 Å². The minimum atomic E-state index is -1.01. The van der Waals surface area contributed by atoms with E-state index in [4.69, 9.17) is 9.84 Å². The zero-order chi connectivity index (χ0) is 25.8. The van der Waals surface area contributed by atoms with Crippen LogP contribution in [0.15, 0.2) is 79.5 Å². The lowest BCUT2D eigenvalue weighted by Crippen LogP contribution is -2.23. The van der Waals surface area contributed by atoms with Gasteiger partial charge in [-0.3, -0.25) is 9.69 Å². The Morgan fingerprint density at radius 3 is 2.47 bits per heavy atom. The van der Waals surface area contributed by atoms with E-state index in [0.29, 0.717) is 36.0 Å². The molecular formula is C26H17Br2N3O4S. The van der Waals surface area contributed by atoms with Gasteiger partial charge in [-0.25, -0.2) is 9.79 Å². The number of rotatable bonds is 6. The van der Waals surface area contributed by atoms with Gasteiger partial charge in [-0.1, -0.05) is 18.2 Å². The molecule has 10 heteroatoms. The Morgan fingerprint density at radius 2 is 1.83 bits per heavy atom. The number of ether oxygens (including phenoxy) is 1. The normalized spacial score (nSPS) is 15.4. The summed E-state index contributed by atoms with van der Waals surface area (Å²) >= 11 is 8.31. The number of aromatic carboxylic acids is 1. The molecule has 0 unspecified atom stereocenters. The first kappa shape index (κ1) is 25.7. The van der Waals surface area contributed by atoms with Crippen molar-refractivity contribution in [2.45, 2.75) is 6.61 Å². The van der Waals surface area contributed by atoms with Gasteiger partial charge in [0.15, 0.2) is 5.17 Å². The van der Waals surface area contributed by atoms with Crippen molar-refractivity contribution in [3.8, 4) is 11.8 Å². The van der Waals surface area contributed by atoms with E-state index >= 15 is 0 Å². The van der Waals surface area contributed by atoms with Crippen molar-refractivity contribution in [3.05, 3.63) is 96.8 Å². The number of hydrogen-bond donors (Lipinski definition) is 1. The highest BCUT2D eigenvalue weighted by atomic mass is 79.9. The van der Waals surface area contributed by atoms with Crippen molar-refractivity contribution in [3.63, 3.8) is 0 Å². The molecule has 1 N–H and O–H groups in total. The zero-order valence-electron chi connectivity index (χ0n) is 18.7. The molecule has 3 aromatic rings. The molecule has 3 aromatic carbocycles. The SMILES string of the molecule is CN1C(=O)C(=Cc2cc(Br)c(OCc3ccccc3C#N)c(Br)c2)SC1=Nc1ccc(C(=O)O)cc1. The smallest absolute Gasteiger partial charge is 0.335 e. The van der Waals surface area contributed by atoms with Crippen molar-refractivity contribution >= 4 is 72.4 Å². The maximum atomic E-state index is 12.8. The molecule has 7 nitrogen and oxygen atoms in total. The third kappa shape index (κ3) is 5.70. The second-order valence-corrected chi connectivity index (χ2v) is 10.3. The molecule has 1 aliphatic rings. The Morgan fingerprint density at radius 1 is 1.17 bits per heavy atom. The number of amidine groups is 1. The van der Waals surface area contributed by atoms with E-state index < -0.39 is 5.97 Å². The molecule has 180 valence electrons. The summed E-state index contributed by atoms with van der Waals surface area (Å²) < 4.78 is 7.34. The molecule has 0 aliphatic carbocycles. The van der Waals surface area contributed by atoms with Crippen molar-refractivity contribution in [1.29, 1.82) is 5.26 Å². The van der Waals surface area contributed by atoms with Crippen LogP contribution in [-0.2, 0) is 11.4 Å². The summed E-state index contributed by atoms with van der Waals surface area (Å²) in [6, 6.07) is 19.2. The number of carbonyl (C=O) groups excluding carboxylic acids is 1. The van der Waals surface area contributed by atoms with Crippen molar-refractivity contribution in [2.75, 3.05) is 7.05 Å². The Hall–Kier alpha value is -3.39. The number of benzene rings is 3. The minimum absolute atomic E-state index is 0.167. The lowest BCUT2D eigenvalue weighted by atomic mass is 10.1. The highest BCUT2D eigenvalue weighted by Gasteiger charge is 2.30. The lowest BCUT2D eigenvalue weighted by molar-refractivity contribution is -0.121. The fraction of sp³-hybridized carbons (Fsp3) is 0.0769. The van der Waals surface area contributed by atoms with Crippen LogP contribution in [0.2, 0.25) is 0 Å². The summed E-state index contributed by atoms with van der Waals surface area (Å²) in [4.78, 5) is 30.3. The van der Waals surface area contributed by atoms with Gasteiger partial charge in [-0.05, 0) is 97.7 Å². The number of likely N-dealkylation sites (N-methyl/N-ethyl adjacent to an activating group) is 1. The number of nitriles is 1. The van der Waals surface area contributed by atoms with Gasteiger partial charge in [0.25, 0.3) is 5.91 Å². The lowest BCUT2D eigenvalue weighted by Gasteiger charge is -2.12. The van der Waals surface area contributed by atoms with Gasteiger partial charge in [0.2, 0.25) is 0 Å². The quantitative estimate of drug-likeness (QED) is 0.310. The van der Waals surface area contributed by atoms with E-state index in [0.717, 1.165) is 11.1 Å². The van der Waals surface area contributed by atoms with Gasteiger partial charge >= 0.3 is 5.97 Å². The first-order valence-corrected chi connectivity index (χ1v) is 12.9.